The maximum Gasteiger partial charge on any atom is 0.337 e. The van der Waals surface area contributed by atoms with Crippen molar-refractivity contribution in [1.82, 2.24) is 19.7 Å². The maximum absolute atomic E-state index is 11.4. The molecule has 2 aromatic rings. The van der Waals surface area contributed by atoms with E-state index < -0.39 is 5.97 Å². The Bertz CT molecular complexity index is 732. The predicted octanol–water partition coefficient (Wildman–Crippen LogP) is 1.83. The minimum Gasteiger partial charge on any atom is -0.478 e. The van der Waals surface area contributed by atoms with Crippen molar-refractivity contribution in [2.75, 3.05) is 13.1 Å². The van der Waals surface area contributed by atoms with Crippen molar-refractivity contribution in [1.29, 1.82) is 0 Å². The maximum atomic E-state index is 11.4. The average molecular weight is 314 g/mol. The lowest BCUT2D eigenvalue weighted by Gasteiger charge is -2.31. The number of aromatic carboxylic acids is 1. The lowest BCUT2D eigenvalue weighted by molar-refractivity contribution is -0.130. The number of hydrogen-bond acceptors (Lipinski definition) is 4. The summed E-state index contributed by atoms with van der Waals surface area (Å²) in [7, 11) is 0. The number of carbonyl (C=O) groups excluding carboxylic acids is 1. The van der Waals surface area contributed by atoms with Gasteiger partial charge < -0.3 is 10.0 Å². The molecule has 0 aromatic carbocycles. The Hall–Kier alpha value is -2.70. The Balaban J connectivity index is 1.75. The molecule has 0 radical (unpaired) electrons. The zero-order valence-corrected chi connectivity index (χ0v) is 12.8. The number of piperidine rings is 1. The highest BCUT2D eigenvalue weighted by molar-refractivity contribution is 5.88. The number of rotatable bonds is 3. The van der Waals surface area contributed by atoms with E-state index >= 15 is 0 Å². The van der Waals surface area contributed by atoms with E-state index in [0.717, 1.165) is 25.9 Å². The highest BCUT2D eigenvalue weighted by Crippen LogP contribution is 2.24. The summed E-state index contributed by atoms with van der Waals surface area (Å²) in [6.07, 6.45) is 6.57. The highest BCUT2D eigenvalue weighted by Gasteiger charge is 2.22. The van der Waals surface area contributed by atoms with Gasteiger partial charge >= 0.3 is 5.97 Å². The van der Waals surface area contributed by atoms with Gasteiger partial charge in [-0.1, -0.05) is 0 Å². The first-order valence-electron chi connectivity index (χ1n) is 7.54. The topological polar surface area (TPSA) is 88.3 Å². The molecule has 120 valence electrons. The van der Waals surface area contributed by atoms with Gasteiger partial charge in [0.25, 0.3) is 0 Å². The molecule has 1 amide bonds. The molecular formula is C16H18N4O3. The molecule has 0 saturated carbocycles. The van der Waals surface area contributed by atoms with Crippen LogP contribution >= 0.6 is 0 Å². The van der Waals surface area contributed by atoms with Gasteiger partial charge in [0.1, 0.15) is 0 Å². The van der Waals surface area contributed by atoms with E-state index in [9.17, 15) is 9.59 Å². The minimum absolute atomic E-state index is 0.112. The first kappa shape index (κ1) is 15.2. The normalized spacial score (nSPS) is 15.6. The largest absolute Gasteiger partial charge is 0.478 e. The number of pyridine rings is 1. The van der Waals surface area contributed by atoms with Crippen LogP contribution in [0.25, 0.3) is 11.3 Å². The van der Waals surface area contributed by atoms with E-state index in [-0.39, 0.29) is 17.5 Å². The first-order chi connectivity index (χ1) is 11.0. The Morgan fingerprint density at radius 3 is 2.65 bits per heavy atom. The van der Waals surface area contributed by atoms with Crippen molar-refractivity contribution in [2.45, 2.75) is 25.8 Å². The third-order valence-corrected chi connectivity index (χ3v) is 4.17. The van der Waals surface area contributed by atoms with Crippen LogP contribution in [0, 0.1) is 0 Å². The first-order valence-corrected chi connectivity index (χ1v) is 7.54. The van der Waals surface area contributed by atoms with Crippen LogP contribution in [-0.2, 0) is 4.79 Å². The van der Waals surface area contributed by atoms with Gasteiger partial charge in [-0.15, -0.1) is 0 Å². The fourth-order valence-electron chi connectivity index (χ4n) is 2.84. The number of nitrogens with zero attached hydrogens (tertiary/aromatic N) is 4. The van der Waals surface area contributed by atoms with Crippen molar-refractivity contribution in [2.24, 2.45) is 0 Å². The van der Waals surface area contributed by atoms with Crippen LogP contribution in [0.5, 0.6) is 0 Å². The number of carboxylic acid groups (broad SMARTS) is 1. The van der Waals surface area contributed by atoms with Gasteiger partial charge in [-0.2, -0.15) is 5.10 Å². The zero-order valence-electron chi connectivity index (χ0n) is 12.8. The summed E-state index contributed by atoms with van der Waals surface area (Å²) in [5.41, 5.74) is 1.53. The van der Waals surface area contributed by atoms with Gasteiger partial charge in [0.2, 0.25) is 5.91 Å². The van der Waals surface area contributed by atoms with Crippen molar-refractivity contribution in [3.05, 3.63) is 36.3 Å². The van der Waals surface area contributed by atoms with E-state index in [0.29, 0.717) is 11.3 Å². The van der Waals surface area contributed by atoms with Gasteiger partial charge in [-0.05, 0) is 25.0 Å². The van der Waals surface area contributed by atoms with Gasteiger partial charge in [0.05, 0.1) is 17.3 Å². The molecule has 1 aliphatic heterocycles. The molecule has 1 aliphatic rings. The molecule has 1 saturated heterocycles. The molecule has 3 rings (SSSR count). The van der Waals surface area contributed by atoms with Crippen LogP contribution in [0.3, 0.4) is 0 Å². The third kappa shape index (κ3) is 3.23. The second-order valence-corrected chi connectivity index (χ2v) is 5.69. The number of hydrogen-bond donors (Lipinski definition) is 1. The number of amides is 1. The summed E-state index contributed by atoms with van der Waals surface area (Å²) in [4.78, 5) is 28.2. The summed E-state index contributed by atoms with van der Waals surface area (Å²) in [5.74, 6) is -0.892. The standard InChI is InChI=1S/C16H18N4O3/c1-11(21)19-5-2-14(3-6-19)20-7-4-15(18-20)12-8-13(16(22)23)10-17-9-12/h4,7-10,14H,2-3,5-6H2,1H3,(H,22,23). The van der Waals surface area contributed by atoms with Crippen LogP contribution in [0.4, 0.5) is 0 Å². The molecule has 0 aliphatic carbocycles. The van der Waals surface area contributed by atoms with Gasteiger partial charge in [-0.25, -0.2) is 4.79 Å². The molecule has 1 fully saturated rings. The van der Waals surface area contributed by atoms with E-state index in [2.05, 4.69) is 10.1 Å². The number of carboxylic acids is 1. The smallest absolute Gasteiger partial charge is 0.337 e. The Labute approximate surface area is 133 Å². The molecule has 0 atom stereocenters. The van der Waals surface area contributed by atoms with Crippen LogP contribution in [0.15, 0.2) is 30.7 Å². The van der Waals surface area contributed by atoms with E-state index in [1.54, 1.807) is 19.2 Å². The summed E-state index contributed by atoms with van der Waals surface area (Å²) in [6.45, 7) is 3.07. The van der Waals surface area contributed by atoms with E-state index in [4.69, 9.17) is 5.11 Å². The van der Waals surface area contributed by atoms with Crippen LogP contribution in [0.1, 0.15) is 36.2 Å². The number of carbonyl (C=O) groups is 2. The van der Waals surface area contributed by atoms with Crippen molar-refractivity contribution in [3.63, 3.8) is 0 Å². The minimum atomic E-state index is -1.00. The lowest BCUT2D eigenvalue weighted by Crippen LogP contribution is -2.37. The van der Waals surface area contributed by atoms with Crippen LogP contribution in [-0.4, -0.2) is 49.7 Å². The molecule has 0 bridgehead atoms. The van der Waals surface area contributed by atoms with E-state index in [1.807, 2.05) is 21.8 Å². The monoisotopic (exact) mass is 314 g/mol. The fourth-order valence-corrected chi connectivity index (χ4v) is 2.84. The van der Waals surface area contributed by atoms with Crippen molar-refractivity contribution in [3.8, 4) is 11.3 Å². The second kappa shape index (κ2) is 6.20. The molecular weight excluding hydrogens is 296 g/mol. The summed E-state index contributed by atoms with van der Waals surface area (Å²) < 4.78 is 1.90. The van der Waals surface area contributed by atoms with Gasteiger partial charge in [0.15, 0.2) is 0 Å². The Kier molecular flexibility index (Phi) is 4.10. The number of aromatic nitrogens is 3. The predicted molar refractivity (Wildman–Crippen MR) is 82.9 cm³/mol. The SMILES string of the molecule is CC(=O)N1CCC(n2ccc(-c3cncc(C(=O)O)c3)n2)CC1. The number of likely N-dealkylation sites (tertiary alicyclic amines) is 1. The Morgan fingerprint density at radius 2 is 2.00 bits per heavy atom. The van der Waals surface area contributed by atoms with Crippen molar-refractivity contribution >= 4 is 11.9 Å². The molecule has 7 nitrogen and oxygen atoms in total. The van der Waals surface area contributed by atoms with Gasteiger partial charge in [-0.3, -0.25) is 14.5 Å². The molecule has 7 heteroatoms. The van der Waals surface area contributed by atoms with Gasteiger partial charge in [0, 0.05) is 44.2 Å². The summed E-state index contributed by atoms with van der Waals surface area (Å²) in [6, 6.07) is 3.69. The zero-order chi connectivity index (χ0) is 16.4. The molecule has 0 unspecified atom stereocenters. The third-order valence-electron chi connectivity index (χ3n) is 4.17. The molecule has 23 heavy (non-hydrogen) atoms. The van der Waals surface area contributed by atoms with Crippen LogP contribution in [0.2, 0.25) is 0 Å². The molecule has 0 spiro atoms. The quantitative estimate of drug-likeness (QED) is 0.933. The second-order valence-electron chi connectivity index (χ2n) is 5.69. The average Bonchev–Trinajstić information content (AvgIpc) is 3.05. The van der Waals surface area contributed by atoms with Crippen LogP contribution < -0.4 is 0 Å². The van der Waals surface area contributed by atoms with Crippen molar-refractivity contribution < 1.29 is 14.7 Å². The molecule has 3 heterocycles. The molecule has 1 N–H and O–H groups in total. The van der Waals surface area contributed by atoms with E-state index in [1.165, 1.54) is 6.20 Å². The summed E-state index contributed by atoms with van der Waals surface area (Å²) >= 11 is 0. The highest BCUT2D eigenvalue weighted by atomic mass is 16.4. The molecule has 2 aromatic heterocycles. The lowest BCUT2D eigenvalue weighted by atomic mass is 10.1. The Morgan fingerprint density at radius 1 is 1.26 bits per heavy atom. The fraction of sp³-hybridized carbons (Fsp3) is 0.375. The summed E-state index contributed by atoms with van der Waals surface area (Å²) in [5, 5.41) is 13.6.